The summed E-state index contributed by atoms with van der Waals surface area (Å²) in [5, 5.41) is 20.7. The number of hydrogen-bond acceptors (Lipinski definition) is 5. The van der Waals surface area contributed by atoms with Crippen molar-refractivity contribution in [2.75, 3.05) is 7.11 Å². The van der Waals surface area contributed by atoms with Gasteiger partial charge in [0.05, 0.1) is 24.1 Å². The molecule has 0 saturated heterocycles. The van der Waals surface area contributed by atoms with Crippen LogP contribution in [0.1, 0.15) is 66.1 Å². The second-order valence-electron chi connectivity index (χ2n) is 9.24. The second-order valence-corrected chi connectivity index (χ2v) is 10.4. The summed E-state index contributed by atoms with van der Waals surface area (Å²) < 4.78 is 7.72. The molecule has 0 bridgehead atoms. The molecule has 0 aliphatic heterocycles. The van der Waals surface area contributed by atoms with Gasteiger partial charge >= 0.3 is 5.97 Å². The summed E-state index contributed by atoms with van der Waals surface area (Å²) in [4.78, 5) is 26.7. The number of aliphatic hydroxyl groups excluding tert-OH is 1. The number of benzene rings is 1. The lowest BCUT2D eigenvalue weighted by atomic mass is 9.74. The van der Waals surface area contributed by atoms with Crippen LogP contribution in [0.5, 0.6) is 5.75 Å². The van der Waals surface area contributed by atoms with E-state index < -0.39 is 17.5 Å². The van der Waals surface area contributed by atoms with E-state index >= 15 is 0 Å². The Balaban J connectivity index is 1.75. The van der Waals surface area contributed by atoms with Crippen molar-refractivity contribution >= 4 is 28.2 Å². The molecule has 162 valence electrons. The van der Waals surface area contributed by atoms with Crippen molar-refractivity contribution in [2.45, 2.75) is 51.7 Å². The van der Waals surface area contributed by atoms with Gasteiger partial charge in [0.25, 0.3) is 0 Å². The van der Waals surface area contributed by atoms with Crippen LogP contribution in [0.3, 0.4) is 0 Å². The van der Waals surface area contributed by atoms with E-state index in [-0.39, 0.29) is 17.0 Å². The number of rotatable bonds is 4. The molecule has 2 aliphatic carbocycles. The molecule has 2 aromatic heterocycles. The Morgan fingerprint density at radius 2 is 2.03 bits per heavy atom. The first-order valence-electron chi connectivity index (χ1n) is 10.5. The van der Waals surface area contributed by atoms with Crippen LogP contribution in [0.4, 0.5) is 0 Å². The zero-order valence-electron chi connectivity index (χ0n) is 17.8. The molecular weight excluding hydrogens is 414 g/mol. The number of hydrogen-bond donors (Lipinski definition) is 2. The van der Waals surface area contributed by atoms with Gasteiger partial charge in [-0.1, -0.05) is 13.8 Å². The summed E-state index contributed by atoms with van der Waals surface area (Å²) >= 11 is 1.65. The smallest absolute Gasteiger partial charge is 0.341 e. The van der Waals surface area contributed by atoms with E-state index in [1.807, 2.05) is 16.7 Å². The highest BCUT2D eigenvalue weighted by Crippen LogP contribution is 2.50. The third kappa shape index (κ3) is 3.10. The highest BCUT2D eigenvalue weighted by atomic mass is 32.1. The number of ether oxygens (including phenoxy) is 1. The molecule has 1 atom stereocenters. The van der Waals surface area contributed by atoms with Crippen LogP contribution < -0.4 is 10.2 Å². The van der Waals surface area contributed by atoms with Crippen LogP contribution in [-0.4, -0.2) is 27.9 Å². The number of aliphatic hydroxyl groups is 1. The normalized spacial score (nSPS) is 19.9. The highest BCUT2D eigenvalue weighted by molar-refractivity contribution is 7.15. The van der Waals surface area contributed by atoms with Gasteiger partial charge in [-0.25, -0.2) is 4.79 Å². The molecule has 1 fully saturated rings. The molecule has 2 heterocycles. The fraction of sp³-hybridized carbons (Fsp3) is 0.417. The number of aryl methyl sites for hydroxylation is 1. The summed E-state index contributed by atoms with van der Waals surface area (Å²) in [7, 11) is 1.58. The van der Waals surface area contributed by atoms with Crippen molar-refractivity contribution in [3.05, 3.63) is 50.6 Å². The van der Waals surface area contributed by atoms with Gasteiger partial charge < -0.3 is 19.5 Å². The Morgan fingerprint density at radius 1 is 1.29 bits per heavy atom. The first kappa shape index (κ1) is 20.3. The zero-order chi connectivity index (χ0) is 22.1. The maximum absolute atomic E-state index is 12.9. The number of carboxylic acid groups (broad SMARTS) is 1. The van der Waals surface area contributed by atoms with Crippen molar-refractivity contribution in [1.29, 1.82) is 0 Å². The van der Waals surface area contributed by atoms with E-state index in [2.05, 4.69) is 13.8 Å². The SMILES string of the molecule is COc1c(-c2cc3c(s2)CCC(C)(C)C3O)ccc2c(=O)c(C(=O)O)cn(C3CC3)c12. The van der Waals surface area contributed by atoms with Gasteiger partial charge in [-0.3, -0.25) is 4.79 Å². The van der Waals surface area contributed by atoms with Crippen LogP contribution in [-0.2, 0) is 6.42 Å². The number of carboxylic acids is 1. The molecule has 0 radical (unpaired) electrons. The number of fused-ring (bicyclic) bond motifs is 2. The second kappa shape index (κ2) is 6.93. The van der Waals surface area contributed by atoms with E-state index in [0.29, 0.717) is 16.7 Å². The molecule has 0 spiro atoms. The Labute approximate surface area is 183 Å². The topological polar surface area (TPSA) is 88.8 Å². The van der Waals surface area contributed by atoms with Crippen molar-refractivity contribution in [3.8, 4) is 16.2 Å². The summed E-state index contributed by atoms with van der Waals surface area (Å²) in [6.07, 6.45) is 4.68. The Kier molecular flexibility index (Phi) is 4.53. The molecule has 5 rings (SSSR count). The molecule has 1 aromatic carbocycles. The first-order valence-corrected chi connectivity index (χ1v) is 11.3. The lowest BCUT2D eigenvalue weighted by molar-refractivity contribution is 0.0350. The molecule has 1 saturated carbocycles. The van der Waals surface area contributed by atoms with Crippen molar-refractivity contribution in [1.82, 2.24) is 4.57 Å². The largest absolute Gasteiger partial charge is 0.494 e. The molecule has 7 heteroatoms. The molecule has 3 aromatic rings. The predicted octanol–water partition coefficient (Wildman–Crippen LogP) is 4.78. The van der Waals surface area contributed by atoms with Gasteiger partial charge in [0.1, 0.15) is 5.56 Å². The Hall–Kier alpha value is -2.64. The van der Waals surface area contributed by atoms with E-state index in [9.17, 15) is 19.8 Å². The van der Waals surface area contributed by atoms with Crippen LogP contribution in [0.2, 0.25) is 0 Å². The van der Waals surface area contributed by atoms with Crippen LogP contribution in [0.25, 0.3) is 21.3 Å². The molecule has 1 unspecified atom stereocenters. The monoisotopic (exact) mass is 439 g/mol. The predicted molar refractivity (Wildman–Crippen MR) is 120 cm³/mol. The number of carbonyl (C=O) groups is 1. The highest BCUT2D eigenvalue weighted by Gasteiger charge is 2.36. The first-order chi connectivity index (χ1) is 14.7. The van der Waals surface area contributed by atoms with E-state index in [1.54, 1.807) is 24.5 Å². The third-order valence-electron chi connectivity index (χ3n) is 6.66. The standard InChI is InChI=1S/C24H25NO5S/c1-24(2)9-8-17-15(22(24)27)10-18(31-17)13-6-7-14-19(21(13)30-3)25(12-4-5-12)11-16(20(14)26)23(28)29/h6-7,10-12,22,27H,4-5,8-9H2,1-3H3,(H,28,29). The molecule has 0 amide bonds. The Morgan fingerprint density at radius 3 is 2.68 bits per heavy atom. The molecule has 6 nitrogen and oxygen atoms in total. The minimum absolute atomic E-state index is 0.168. The number of aromatic nitrogens is 1. The lowest BCUT2D eigenvalue weighted by Gasteiger charge is -2.34. The number of nitrogens with zero attached hydrogens (tertiary/aromatic N) is 1. The minimum Gasteiger partial charge on any atom is -0.494 e. The van der Waals surface area contributed by atoms with Gasteiger partial charge in [-0.15, -0.1) is 11.3 Å². The minimum atomic E-state index is -1.22. The van der Waals surface area contributed by atoms with Gasteiger partial charge in [-0.05, 0) is 54.9 Å². The maximum Gasteiger partial charge on any atom is 0.341 e. The Bertz CT molecular complexity index is 1280. The van der Waals surface area contributed by atoms with Crippen LogP contribution in [0, 0.1) is 5.41 Å². The fourth-order valence-electron chi connectivity index (χ4n) is 4.61. The fourth-order valence-corrected chi connectivity index (χ4v) is 5.82. The van der Waals surface area contributed by atoms with Gasteiger partial charge in [0.15, 0.2) is 5.75 Å². The molecule has 31 heavy (non-hydrogen) atoms. The average Bonchev–Trinajstić information content (AvgIpc) is 3.48. The summed E-state index contributed by atoms with van der Waals surface area (Å²) in [5.74, 6) is -0.641. The summed E-state index contributed by atoms with van der Waals surface area (Å²) in [5.41, 5.74) is 1.59. The average molecular weight is 440 g/mol. The van der Waals surface area contributed by atoms with Crippen LogP contribution >= 0.6 is 11.3 Å². The van der Waals surface area contributed by atoms with Crippen molar-refractivity contribution in [2.24, 2.45) is 5.41 Å². The quantitative estimate of drug-likeness (QED) is 0.611. The van der Waals surface area contributed by atoms with Gasteiger partial charge in [0, 0.05) is 27.6 Å². The maximum atomic E-state index is 12.9. The molecule has 2 aliphatic rings. The number of pyridine rings is 1. The summed E-state index contributed by atoms with van der Waals surface area (Å²) in [6, 6.07) is 5.75. The van der Waals surface area contributed by atoms with E-state index in [1.165, 1.54) is 11.1 Å². The number of methoxy groups -OCH3 is 1. The number of thiophene rings is 1. The van der Waals surface area contributed by atoms with Crippen molar-refractivity contribution < 1.29 is 19.7 Å². The zero-order valence-corrected chi connectivity index (χ0v) is 18.6. The lowest BCUT2D eigenvalue weighted by Crippen LogP contribution is -2.26. The molecule has 2 N–H and O–H groups in total. The molecular formula is C24H25NO5S. The summed E-state index contributed by atoms with van der Waals surface area (Å²) in [6.45, 7) is 4.17. The third-order valence-corrected chi connectivity index (χ3v) is 7.90. The van der Waals surface area contributed by atoms with Gasteiger partial charge in [0.2, 0.25) is 5.43 Å². The van der Waals surface area contributed by atoms with E-state index in [4.69, 9.17) is 4.74 Å². The van der Waals surface area contributed by atoms with E-state index in [0.717, 1.165) is 41.7 Å². The van der Waals surface area contributed by atoms with Crippen LogP contribution in [0.15, 0.2) is 29.2 Å². The van der Waals surface area contributed by atoms with Crippen molar-refractivity contribution in [3.63, 3.8) is 0 Å². The van der Waals surface area contributed by atoms with Gasteiger partial charge in [-0.2, -0.15) is 0 Å². The number of aromatic carboxylic acids is 1.